The minimum atomic E-state index is -0.573. The lowest BCUT2D eigenvalue weighted by atomic mass is 10.1. The molecule has 3 heteroatoms. The minimum absolute atomic E-state index is 0.155. The van der Waals surface area contributed by atoms with E-state index in [1.165, 1.54) is 0 Å². The van der Waals surface area contributed by atoms with Crippen LogP contribution in [0.2, 0.25) is 0 Å². The molecule has 0 radical (unpaired) electrons. The van der Waals surface area contributed by atoms with E-state index in [0.29, 0.717) is 0 Å². The largest absolute Gasteiger partial charge is 0.481 e. The molecule has 3 aromatic carbocycles. The van der Waals surface area contributed by atoms with Crippen molar-refractivity contribution in [1.29, 1.82) is 0 Å². The number of rotatable bonds is 5. The van der Waals surface area contributed by atoms with Crippen LogP contribution in [0.25, 0.3) is 10.8 Å². The normalized spacial score (nSPS) is 11.9. The first kappa shape index (κ1) is 16.1. The zero-order chi connectivity index (χ0) is 16.9. The molecule has 0 saturated heterocycles. The first-order valence-electron chi connectivity index (χ1n) is 8.22. The van der Waals surface area contributed by atoms with Crippen molar-refractivity contribution in [1.82, 2.24) is 0 Å². The number of ether oxygens (including phenoxy) is 1. The molecule has 0 aliphatic carbocycles. The summed E-state index contributed by atoms with van der Waals surface area (Å²) in [5.74, 6) is 0.609. The summed E-state index contributed by atoms with van der Waals surface area (Å²) in [6.07, 6.45) is 0.296. The van der Waals surface area contributed by atoms with E-state index in [2.05, 4.69) is 12.2 Å². The Kier molecular flexibility index (Phi) is 4.80. The molecule has 122 valence electrons. The number of carbonyl (C=O) groups is 1. The molecule has 24 heavy (non-hydrogen) atoms. The maximum atomic E-state index is 12.5. The molecular weight excluding hydrogens is 298 g/mol. The van der Waals surface area contributed by atoms with Crippen LogP contribution in [-0.4, -0.2) is 12.0 Å². The van der Waals surface area contributed by atoms with Gasteiger partial charge in [-0.05, 0) is 36.4 Å². The molecule has 0 unspecified atom stereocenters. The Hall–Kier alpha value is -2.81. The number of nitrogens with one attached hydrogen (secondary N) is 1. The molecule has 0 bridgehead atoms. The van der Waals surface area contributed by atoms with Crippen LogP contribution in [0, 0.1) is 0 Å². The van der Waals surface area contributed by atoms with Crippen molar-refractivity contribution >= 4 is 22.4 Å². The van der Waals surface area contributed by atoms with Crippen molar-refractivity contribution in [2.75, 3.05) is 5.32 Å². The second-order valence-electron chi connectivity index (χ2n) is 5.74. The third kappa shape index (κ3) is 3.40. The number of hydrogen-bond acceptors (Lipinski definition) is 2. The fraction of sp³-hybridized carbons (Fsp3) is 0.190. The van der Waals surface area contributed by atoms with E-state index in [4.69, 9.17) is 4.74 Å². The van der Waals surface area contributed by atoms with Gasteiger partial charge in [-0.25, -0.2) is 0 Å². The number of amides is 1. The molecule has 1 N–H and O–H groups in total. The van der Waals surface area contributed by atoms with Crippen LogP contribution in [0.1, 0.15) is 19.4 Å². The average molecular weight is 319 g/mol. The van der Waals surface area contributed by atoms with Gasteiger partial charge < -0.3 is 10.1 Å². The van der Waals surface area contributed by atoms with Crippen LogP contribution in [0.3, 0.4) is 0 Å². The molecule has 0 aliphatic heterocycles. The number of fused-ring (bicyclic) bond motifs is 1. The second-order valence-corrected chi connectivity index (χ2v) is 5.74. The average Bonchev–Trinajstić information content (AvgIpc) is 2.62. The summed E-state index contributed by atoms with van der Waals surface area (Å²) in [6, 6.07) is 21.7. The molecular formula is C21H21NO2. The molecule has 0 spiro atoms. The summed E-state index contributed by atoms with van der Waals surface area (Å²) in [5.41, 5.74) is 1.90. The van der Waals surface area contributed by atoms with Crippen LogP contribution in [0.4, 0.5) is 5.69 Å². The topological polar surface area (TPSA) is 38.3 Å². The highest BCUT2D eigenvalue weighted by Gasteiger charge is 2.17. The van der Waals surface area contributed by atoms with Gasteiger partial charge in [-0.3, -0.25) is 4.79 Å². The molecule has 3 rings (SSSR count). The molecule has 3 nitrogen and oxygen atoms in total. The number of para-hydroxylation sites is 1. The van der Waals surface area contributed by atoms with Crippen molar-refractivity contribution in [3.63, 3.8) is 0 Å². The van der Waals surface area contributed by atoms with Gasteiger partial charge in [-0.15, -0.1) is 0 Å². The van der Waals surface area contributed by atoms with E-state index in [9.17, 15) is 4.79 Å². The second kappa shape index (κ2) is 7.18. The summed E-state index contributed by atoms with van der Waals surface area (Å²) >= 11 is 0. The molecule has 3 aromatic rings. The monoisotopic (exact) mass is 319 g/mol. The smallest absolute Gasteiger partial charge is 0.265 e. The van der Waals surface area contributed by atoms with Crippen molar-refractivity contribution in [2.45, 2.75) is 26.4 Å². The van der Waals surface area contributed by atoms with E-state index in [1.54, 1.807) is 6.92 Å². The highest BCUT2D eigenvalue weighted by molar-refractivity contribution is 6.03. The van der Waals surface area contributed by atoms with E-state index >= 15 is 0 Å². The maximum absolute atomic E-state index is 12.5. The maximum Gasteiger partial charge on any atom is 0.265 e. The van der Waals surface area contributed by atoms with Crippen LogP contribution >= 0.6 is 0 Å². The molecule has 0 fully saturated rings. The number of aryl methyl sites for hydroxylation is 1. The van der Waals surface area contributed by atoms with E-state index in [1.807, 2.05) is 66.7 Å². The predicted octanol–water partition coefficient (Wildman–Crippen LogP) is 4.81. The van der Waals surface area contributed by atoms with Crippen LogP contribution < -0.4 is 10.1 Å². The number of carbonyl (C=O) groups excluding carboxylic acids is 1. The van der Waals surface area contributed by atoms with Crippen molar-refractivity contribution < 1.29 is 9.53 Å². The first-order chi connectivity index (χ1) is 11.7. The Bertz CT molecular complexity index is 852. The van der Waals surface area contributed by atoms with Gasteiger partial charge in [-0.2, -0.15) is 0 Å². The van der Waals surface area contributed by atoms with Crippen LogP contribution in [0.15, 0.2) is 66.7 Å². The molecule has 0 saturated carbocycles. The lowest BCUT2D eigenvalue weighted by Gasteiger charge is -2.17. The van der Waals surface area contributed by atoms with Crippen LogP contribution in [-0.2, 0) is 11.2 Å². The Morgan fingerprint density at radius 1 is 1.00 bits per heavy atom. The molecule has 0 heterocycles. The van der Waals surface area contributed by atoms with E-state index in [0.717, 1.165) is 34.2 Å². The van der Waals surface area contributed by atoms with Gasteiger partial charge in [0.1, 0.15) is 5.75 Å². The summed E-state index contributed by atoms with van der Waals surface area (Å²) in [5, 5.41) is 5.10. The van der Waals surface area contributed by atoms with Crippen molar-refractivity contribution in [2.24, 2.45) is 0 Å². The Morgan fingerprint density at radius 3 is 2.54 bits per heavy atom. The van der Waals surface area contributed by atoms with Gasteiger partial charge in [-0.1, -0.05) is 61.5 Å². The minimum Gasteiger partial charge on any atom is -0.481 e. The number of anilines is 1. The highest BCUT2D eigenvalue weighted by atomic mass is 16.5. The molecule has 1 atom stereocenters. The SMILES string of the molecule is CCc1ccccc1O[C@H](C)C(=O)Nc1cccc2ccccc12. The van der Waals surface area contributed by atoms with Crippen LogP contribution in [0.5, 0.6) is 5.75 Å². The Morgan fingerprint density at radius 2 is 1.71 bits per heavy atom. The lowest BCUT2D eigenvalue weighted by molar-refractivity contribution is -0.122. The zero-order valence-corrected chi connectivity index (χ0v) is 14.0. The molecule has 1 amide bonds. The predicted molar refractivity (Wildman–Crippen MR) is 98.5 cm³/mol. The highest BCUT2D eigenvalue weighted by Crippen LogP contribution is 2.24. The van der Waals surface area contributed by atoms with Gasteiger partial charge in [0.15, 0.2) is 6.10 Å². The van der Waals surface area contributed by atoms with Gasteiger partial charge in [0, 0.05) is 11.1 Å². The Labute approximate surface area is 142 Å². The summed E-state index contributed by atoms with van der Waals surface area (Å²) in [6.45, 7) is 3.84. The van der Waals surface area contributed by atoms with Gasteiger partial charge in [0.25, 0.3) is 5.91 Å². The van der Waals surface area contributed by atoms with Gasteiger partial charge in [0.05, 0.1) is 0 Å². The van der Waals surface area contributed by atoms with Gasteiger partial charge >= 0.3 is 0 Å². The summed E-state index contributed by atoms with van der Waals surface area (Å²) < 4.78 is 5.87. The zero-order valence-electron chi connectivity index (χ0n) is 14.0. The Balaban J connectivity index is 1.76. The quantitative estimate of drug-likeness (QED) is 0.733. The van der Waals surface area contributed by atoms with Gasteiger partial charge in [0.2, 0.25) is 0 Å². The number of benzene rings is 3. The first-order valence-corrected chi connectivity index (χ1v) is 8.22. The summed E-state index contributed by atoms with van der Waals surface area (Å²) in [4.78, 5) is 12.5. The van der Waals surface area contributed by atoms with E-state index in [-0.39, 0.29) is 5.91 Å². The van der Waals surface area contributed by atoms with Crippen molar-refractivity contribution in [3.8, 4) is 5.75 Å². The van der Waals surface area contributed by atoms with Crippen molar-refractivity contribution in [3.05, 3.63) is 72.3 Å². The fourth-order valence-electron chi connectivity index (χ4n) is 2.72. The summed E-state index contributed by atoms with van der Waals surface area (Å²) in [7, 11) is 0. The lowest BCUT2D eigenvalue weighted by Crippen LogP contribution is -2.30. The third-order valence-corrected chi connectivity index (χ3v) is 4.07. The molecule has 0 aliphatic rings. The fourth-order valence-corrected chi connectivity index (χ4v) is 2.72. The van der Waals surface area contributed by atoms with E-state index < -0.39 is 6.10 Å². The standard InChI is InChI=1S/C21H21NO2/c1-3-16-9-5-7-14-20(16)24-15(2)21(23)22-19-13-8-11-17-10-4-6-12-18(17)19/h4-15H,3H2,1-2H3,(H,22,23)/t15-/m1/s1. The molecule has 0 aromatic heterocycles. The number of hydrogen-bond donors (Lipinski definition) is 1. The third-order valence-electron chi connectivity index (χ3n) is 4.07.